The molecule has 0 saturated carbocycles. The monoisotopic (exact) mass is 237 g/mol. The van der Waals surface area contributed by atoms with E-state index in [9.17, 15) is 4.21 Å². The highest BCUT2D eigenvalue weighted by Crippen LogP contribution is 2.29. The molecule has 0 aromatic heterocycles. The maximum Gasteiger partial charge on any atom is 0.0843 e. The second-order valence-electron chi connectivity index (χ2n) is 2.54. The second kappa shape index (κ2) is 3.86. The summed E-state index contributed by atoms with van der Waals surface area (Å²) in [6, 6.07) is 5.01. The average Bonchev–Trinajstić information content (AvgIpc) is 2.03. The molecule has 72 valence electrons. The van der Waals surface area contributed by atoms with Crippen LogP contribution in [-0.2, 0) is 9.73 Å². The van der Waals surface area contributed by atoms with Gasteiger partial charge in [0.2, 0.25) is 0 Å². The van der Waals surface area contributed by atoms with Gasteiger partial charge in [-0.15, -0.1) is 0 Å². The molecule has 1 aromatic carbocycles. The molecule has 0 spiro atoms. The Bertz CT molecular complexity index is 416. The van der Waals surface area contributed by atoms with Crippen molar-refractivity contribution in [3.05, 3.63) is 28.2 Å². The van der Waals surface area contributed by atoms with Gasteiger partial charge in [-0.3, -0.25) is 0 Å². The van der Waals surface area contributed by atoms with Gasteiger partial charge in [-0.25, -0.2) is 8.57 Å². The summed E-state index contributed by atoms with van der Waals surface area (Å²) in [5, 5.41) is 0.788. The van der Waals surface area contributed by atoms with Crippen LogP contribution in [-0.4, -0.2) is 17.5 Å². The molecular formula is C8H9Cl2NOS. The summed E-state index contributed by atoms with van der Waals surface area (Å²) in [4.78, 5) is 0.417. The Balaban J connectivity index is 3.56. The van der Waals surface area contributed by atoms with Crippen LogP contribution in [0.5, 0.6) is 0 Å². The molecule has 5 heteroatoms. The Kier molecular flexibility index (Phi) is 3.22. The molecule has 0 bridgehead atoms. The van der Waals surface area contributed by atoms with Crippen molar-refractivity contribution in [3.63, 3.8) is 0 Å². The molecule has 13 heavy (non-hydrogen) atoms. The van der Waals surface area contributed by atoms with Gasteiger partial charge in [-0.05, 0) is 12.1 Å². The highest BCUT2D eigenvalue weighted by Gasteiger charge is 2.13. The molecule has 0 N–H and O–H groups in total. The minimum absolute atomic E-state index is 0.394. The maximum atomic E-state index is 11.9. The molecule has 2 nitrogen and oxygen atoms in total. The predicted octanol–water partition coefficient (Wildman–Crippen LogP) is 3.08. The van der Waals surface area contributed by atoms with Crippen molar-refractivity contribution in [2.24, 2.45) is 4.36 Å². The fourth-order valence-electron chi connectivity index (χ4n) is 0.936. The van der Waals surface area contributed by atoms with E-state index in [4.69, 9.17) is 23.2 Å². The number of hydrogen-bond donors (Lipinski definition) is 0. The summed E-state index contributed by atoms with van der Waals surface area (Å²) >= 11 is 11.7. The molecule has 0 aliphatic rings. The molecule has 1 atom stereocenters. The van der Waals surface area contributed by atoms with Crippen LogP contribution in [0.3, 0.4) is 0 Å². The highest BCUT2D eigenvalue weighted by atomic mass is 35.5. The number of benzene rings is 1. The van der Waals surface area contributed by atoms with Crippen molar-refractivity contribution < 1.29 is 4.21 Å². The van der Waals surface area contributed by atoms with Crippen LogP contribution in [0.25, 0.3) is 0 Å². The van der Waals surface area contributed by atoms with Crippen LogP contribution in [0.15, 0.2) is 27.5 Å². The van der Waals surface area contributed by atoms with E-state index in [-0.39, 0.29) is 0 Å². The Labute approximate surface area is 88.0 Å². The van der Waals surface area contributed by atoms with Crippen LogP contribution in [0, 0.1) is 0 Å². The Hall–Kier alpha value is -0.250. The standard InChI is InChI=1S/C8H9Cl2NOS/c1-11-13(2,12)8-6(9)4-3-5-7(8)10/h3-5H,1-2H3/t13-/m1/s1. The van der Waals surface area contributed by atoms with Crippen molar-refractivity contribution in [2.45, 2.75) is 4.90 Å². The van der Waals surface area contributed by atoms with E-state index in [1.165, 1.54) is 13.3 Å². The van der Waals surface area contributed by atoms with Crippen LogP contribution in [0.2, 0.25) is 10.0 Å². The summed E-state index contributed by atoms with van der Waals surface area (Å²) in [6.07, 6.45) is 1.51. The van der Waals surface area contributed by atoms with Crippen molar-refractivity contribution in [2.75, 3.05) is 13.3 Å². The first kappa shape index (κ1) is 10.8. The van der Waals surface area contributed by atoms with Gasteiger partial charge in [0.1, 0.15) is 0 Å². The number of halogens is 2. The predicted molar refractivity (Wildman–Crippen MR) is 57.1 cm³/mol. The zero-order chi connectivity index (χ0) is 10.1. The molecule has 0 aliphatic carbocycles. The minimum Gasteiger partial charge on any atom is -0.245 e. The third-order valence-electron chi connectivity index (χ3n) is 1.65. The van der Waals surface area contributed by atoms with Gasteiger partial charge >= 0.3 is 0 Å². The smallest absolute Gasteiger partial charge is 0.0843 e. The molecule has 0 unspecified atom stereocenters. The van der Waals surface area contributed by atoms with E-state index in [2.05, 4.69) is 4.36 Å². The number of rotatable bonds is 1. The van der Waals surface area contributed by atoms with Gasteiger partial charge in [0.15, 0.2) is 0 Å². The van der Waals surface area contributed by atoms with Crippen molar-refractivity contribution in [1.29, 1.82) is 0 Å². The molecule has 1 aromatic rings. The molecule has 0 amide bonds. The quantitative estimate of drug-likeness (QED) is 0.739. The van der Waals surface area contributed by atoms with E-state index in [1.54, 1.807) is 18.2 Å². The number of nitrogens with zero attached hydrogens (tertiary/aromatic N) is 1. The third kappa shape index (κ3) is 2.16. The second-order valence-corrected chi connectivity index (χ2v) is 5.73. The summed E-state index contributed by atoms with van der Waals surface area (Å²) in [5.74, 6) is 0. The van der Waals surface area contributed by atoms with Gasteiger partial charge in [-0.2, -0.15) is 0 Å². The lowest BCUT2D eigenvalue weighted by molar-refractivity contribution is 0.680. The molecule has 0 aliphatic heterocycles. The zero-order valence-corrected chi connectivity index (χ0v) is 9.58. The normalized spacial score (nSPS) is 15.1. The Morgan fingerprint density at radius 1 is 1.31 bits per heavy atom. The molecule has 0 fully saturated rings. The van der Waals surface area contributed by atoms with Gasteiger partial charge in [-0.1, -0.05) is 29.3 Å². The summed E-state index contributed by atoms with van der Waals surface area (Å²) < 4.78 is 15.6. The zero-order valence-electron chi connectivity index (χ0n) is 7.25. The topological polar surface area (TPSA) is 29.4 Å². The lowest BCUT2D eigenvalue weighted by Gasteiger charge is -2.07. The molecule has 0 saturated heterocycles. The Morgan fingerprint density at radius 2 is 1.77 bits per heavy atom. The van der Waals surface area contributed by atoms with Crippen LogP contribution < -0.4 is 0 Å². The summed E-state index contributed by atoms with van der Waals surface area (Å²) in [5.41, 5.74) is 0. The molecule has 0 heterocycles. The molecular weight excluding hydrogens is 229 g/mol. The van der Waals surface area contributed by atoms with Gasteiger partial charge in [0, 0.05) is 13.3 Å². The largest absolute Gasteiger partial charge is 0.245 e. The van der Waals surface area contributed by atoms with E-state index in [0.717, 1.165) is 0 Å². The maximum absolute atomic E-state index is 11.9. The van der Waals surface area contributed by atoms with E-state index in [0.29, 0.717) is 14.9 Å². The van der Waals surface area contributed by atoms with Crippen molar-refractivity contribution >= 4 is 32.9 Å². The first-order chi connectivity index (χ1) is 5.99. The van der Waals surface area contributed by atoms with Crippen molar-refractivity contribution in [3.8, 4) is 0 Å². The number of hydrogen-bond acceptors (Lipinski definition) is 2. The summed E-state index contributed by atoms with van der Waals surface area (Å²) in [7, 11) is -0.960. The van der Waals surface area contributed by atoms with E-state index in [1.807, 2.05) is 0 Å². The fourth-order valence-corrected chi connectivity index (χ4v) is 3.23. The van der Waals surface area contributed by atoms with E-state index < -0.39 is 9.73 Å². The first-order valence-electron chi connectivity index (χ1n) is 3.53. The fraction of sp³-hybridized carbons (Fsp3) is 0.250. The van der Waals surface area contributed by atoms with Gasteiger partial charge in [0.25, 0.3) is 0 Å². The minimum atomic E-state index is -2.45. The highest BCUT2D eigenvalue weighted by molar-refractivity contribution is 7.93. The van der Waals surface area contributed by atoms with Crippen LogP contribution >= 0.6 is 23.2 Å². The summed E-state index contributed by atoms with van der Waals surface area (Å²) in [6.45, 7) is 0. The van der Waals surface area contributed by atoms with Crippen molar-refractivity contribution in [1.82, 2.24) is 0 Å². The SMILES string of the molecule is CN=[S@](C)(=O)c1c(Cl)cccc1Cl. The molecule has 1 rings (SSSR count). The van der Waals surface area contributed by atoms with Crippen LogP contribution in [0.1, 0.15) is 0 Å². The van der Waals surface area contributed by atoms with Crippen LogP contribution in [0.4, 0.5) is 0 Å². The lowest BCUT2D eigenvalue weighted by Crippen LogP contribution is -1.98. The first-order valence-corrected chi connectivity index (χ1v) is 6.21. The lowest BCUT2D eigenvalue weighted by atomic mass is 10.4. The van der Waals surface area contributed by atoms with E-state index >= 15 is 0 Å². The molecule has 0 radical (unpaired) electrons. The Morgan fingerprint density at radius 3 is 2.15 bits per heavy atom. The van der Waals surface area contributed by atoms with Gasteiger partial charge in [0.05, 0.1) is 24.7 Å². The van der Waals surface area contributed by atoms with Gasteiger partial charge < -0.3 is 0 Å². The third-order valence-corrected chi connectivity index (χ3v) is 4.39. The average molecular weight is 238 g/mol.